The molecule has 0 aliphatic rings. The smallest absolute Gasteiger partial charge is 0.434 e. The van der Waals surface area contributed by atoms with Crippen LogP contribution >= 0.6 is 0 Å². The number of nitrogens with zero attached hydrogens (tertiary/aromatic N) is 3. The molecule has 8 nitrogen and oxygen atoms in total. The Balaban J connectivity index is 0.000000463. The van der Waals surface area contributed by atoms with Crippen molar-refractivity contribution >= 4 is 11.9 Å². The van der Waals surface area contributed by atoms with Crippen molar-refractivity contribution in [2.45, 2.75) is 33.3 Å². The molecule has 0 amide bonds. The minimum Gasteiger partial charge on any atom is -0.480 e. The summed E-state index contributed by atoms with van der Waals surface area (Å²) >= 11 is 0. The number of rotatable bonds is 2. The van der Waals surface area contributed by atoms with Crippen LogP contribution in [0.4, 0.5) is 10.6 Å². The molecular weight excluding hydrogens is 300 g/mol. The number of aromatic nitrogens is 3. The van der Waals surface area contributed by atoms with Crippen molar-refractivity contribution in [3.8, 4) is 17.1 Å². The highest BCUT2D eigenvalue weighted by Gasteiger charge is 2.15. The monoisotopic (exact) mass is 322 g/mol. The molecule has 0 aliphatic carbocycles. The molecule has 0 aliphatic heterocycles. The van der Waals surface area contributed by atoms with Crippen LogP contribution < -0.4 is 10.5 Å². The zero-order chi connectivity index (χ0) is 17.8. The highest BCUT2D eigenvalue weighted by molar-refractivity contribution is 5.75. The number of methoxy groups -OCH3 is 1. The Labute approximate surface area is 134 Å². The second-order valence-electron chi connectivity index (χ2n) is 5.83. The number of hydrogen-bond donors (Lipinski definition) is 3. The average Bonchev–Trinajstić information content (AvgIpc) is 2.78. The Kier molecular flexibility index (Phi) is 5.69. The van der Waals surface area contributed by atoms with E-state index in [0.29, 0.717) is 21.8 Å². The molecule has 0 saturated carbocycles. The second-order valence-corrected chi connectivity index (χ2v) is 5.83. The van der Waals surface area contributed by atoms with Crippen molar-refractivity contribution in [3.63, 3.8) is 0 Å². The van der Waals surface area contributed by atoms with Gasteiger partial charge in [-0.3, -0.25) is 0 Å². The number of nitrogens with two attached hydrogens (primary N) is 1. The summed E-state index contributed by atoms with van der Waals surface area (Å²) < 4.78 is 5.84. The first-order chi connectivity index (χ1) is 10.5. The molecule has 8 heteroatoms. The zero-order valence-electron chi connectivity index (χ0n) is 13.9. The van der Waals surface area contributed by atoms with Gasteiger partial charge in [0, 0.05) is 11.8 Å². The van der Waals surface area contributed by atoms with Crippen molar-refractivity contribution < 1.29 is 19.7 Å². The predicted molar refractivity (Wildman–Crippen MR) is 86.6 cm³/mol. The largest absolute Gasteiger partial charge is 0.480 e. The summed E-state index contributed by atoms with van der Waals surface area (Å²) in [5.41, 5.74) is 6.85. The summed E-state index contributed by atoms with van der Waals surface area (Å²) in [7, 11) is 1.49. The first-order valence-corrected chi connectivity index (χ1v) is 6.86. The number of aryl methyl sites for hydroxylation is 1. The minimum absolute atomic E-state index is 0.0418. The van der Waals surface area contributed by atoms with Crippen molar-refractivity contribution in [2.75, 3.05) is 12.8 Å². The summed E-state index contributed by atoms with van der Waals surface area (Å²) in [4.78, 5) is 15.0. The van der Waals surface area contributed by atoms with Crippen LogP contribution in [-0.2, 0) is 0 Å². The van der Waals surface area contributed by atoms with E-state index in [1.54, 1.807) is 32.9 Å². The van der Waals surface area contributed by atoms with E-state index in [1.807, 2.05) is 6.92 Å². The maximum atomic E-state index is 10.8. The number of hydrogen-bond acceptors (Lipinski definition) is 6. The first kappa shape index (κ1) is 18.4. The van der Waals surface area contributed by atoms with Crippen LogP contribution in [0.25, 0.3) is 11.3 Å². The number of aliphatic hydroxyl groups is 1. The summed E-state index contributed by atoms with van der Waals surface area (Å²) in [5.74, 6) is 0.421. The first-order valence-electron chi connectivity index (χ1n) is 6.86. The van der Waals surface area contributed by atoms with Gasteiger partial charge in [0.25, 0.3) is 0 Å². The van der Waals surface area contributed by atoms with Gasteiger partial charge < -0.3 is 20.7 Å². The third kappa shape index (κ3) is 5.59. The van der Waals surface area contributed by atoms with Gasteiger partial charge in [-0.25, -0.2) is 9.78 Å². The highest BCUT2D eigenvalue weighted by atomic mass is 16.5. The van der Waals surface area contributed by atoms with Crippen molar-refractivity contribution in [2.24, 2.45) is 0 Å². The number of ether oxygens (including phenoxy) is 1. The second kappa shape index (κ2) is 7.10. The fourth-order valence-electron chi connectivity index (χ4n) is 1.56. The zero-order valence-corrected chi connectivity index (χ0v) is 13.9. The van der Waals surface area contributed by atoms with E-state index < -0.39 is 11.7 Å². The van der Waals surface area contributed by atoms with Crippen molar-refractivity contribution in [3.05, 3.63) is 23.9 Å². The third-order valence-electron chi connectivity index (χ3n) is 2.39. The van der Waals surface area contributed by atoms with E-state index >= 15 is 0 Å². The molecule has 0 atom stereocenters. The quantitative estimate of drug-likeness (QED) is 0.773. The van der Waals surface area contributed by atoms with Crippen molar-refractivity contribution in [1.82, 2.24) is 14.8 Å². The van der Waals surface area contributed by atoms with Gasteiger partial charge in [0.05, 0.1) is 18.3 Å². The third-order valence-corrected chi connectivity index (χ3v) is 2.39. The Hall–Kier alpha value is -2.61. The van der Waals surface area contributed by atoms with Crippen LogP contribution in [-0.4, -0.2) is 43.8 Å². The van der Waals surface area contributed by atoms with Gasteiger partial charge in [-0.15, -0.1) is 4.68 Å². The summed E-state index contributed by atoms with van der Waals surface area (Å²) in [6, 6.07) is 5.01. The average molecular weight is 322 g/mol. The van der Waals surface area contributed by atoms with Gasteiger partial charge in [-0.05, 0) is 39.8 Å². The van der Waals surface area contributed by atoms with Gasteiger partial charge in [0.1, 0.15) is 11.5 Å². The molecule has 0 radical (unpaired) electrons. The fourth-order valence-corrected chi connectivity index (χ4v) is 1.56. The topological polar surface area (TPSA) is 123 Å². The van der Waals surface area contributed by atoms with Crippen LogP contribution in [0.15, 0.2) is 18.2 Å². The minimum atomic E-state index is -1.24. The maximum absolute atomic E-state index is 10.8. The van der Waals surface area contributed by atoms with Crippen LogP contribution in [0.2, 0.25) is 0 Å². The molecule has 0 fully saturated rings. The van der Waals surface area contributed by atoms with Crippen LogP contribution in [0.3, 0.4) is 0 Å². The molecule has 2 rings (SSSR count). The molecule has 2 aromatic heterocycles. The Bertz CT molecular complexity index is 683. The van der Waals surface area contributed by atoms with Gasteiger partial charge in [0.15, 0.2) is 0 Å². The van der Waals surface area contributed by atoms with E-state index in [9.17, 15) is 4.79 Å². The number of carbonyl (C=O) groups is 1. The normalized spacial score (nSPS) is 10.7. The fraction of sp³-hybridized carbons (Fsp3) is 0.400. The molecule has 0 aromatic carbocycles. The molecule has 0 bridgehead atoms. The van der Waals surface area contributed by atoms with Crippen molar-refractivity contribution in [1.29, 1.82) is 0 Å². The SMILES string of the molecule is CC(C)(C)O.COc1nc(C)ccc1-c1cc(N)n(C(=O)O)n1. The molecule has 126 valence electrons. The lowest BCUT2D eigenvalue weighted by Gasteiger charge is -2.05. The van der Waals surface area contributed by atoms with Crippen LogP contribution in [0, 0.1) is 6.92 Å². The number of pyridine rings is 1. The number of anilines is 1. The standard InChI is InChI=1S/C11H12N4O3.C4H10O/c1-6-3-4-7(10(13-6)18-2)8-5-9(12)15(14-8)11(16)17;1-4(2,3)5/h3-5H,12H2,1-2H3,(H,16,17);5H,1-3H3. The van der Waals surface area contributed by atoms with E-state index in [0.717, 1.165) is 5.69 Å². The Morgan fingerprint density at radius 1 is 1.35 bits per heavy atom. The molecule has 2 heterocycles. The van der Waals surface area contributed by atoms with Crippen LogP contribution in [0.1, 0.15) is 26.5 Å². The lowest BCUT2D eigenvalue weighted by molar-refractivity contribution is 0.102. The lowest BCUT2D eigenvalue weighted by Crippen LogP contribution is -2.12. The lowest BCUT2D eigenvalue weighted by atomic mass is 10.2. The Morgan fingerprint density at radius 2 is 1.91 bits per heavy atom. The summed E-state index contributed by atoms with van der Waals surface area (Å²) in [5, 5.41) is 21.3. The molecule has 0 unspecified atom stereocenters. The molecule has 0 saturated heterocycles. The molecule has 23 heavy (non-hydrogen) atoms. The van der Waals surface area contributed by atoms with E-state index in [4.69, 9.17) is 20.7 Å². The molecule has 4 N–H and O–H groups in total. The number of carboxylic acid groups (broad SMARTS) is 1. The van der Waals surface area contributed by atoms with Gasteiger partial charge in [-0.1, -0.05) is 0 Å². The molecular formula is C15H22N4O4. The van der Waals surface area contributed by atoms with E-state index in [-0.39, 0.29) is 5.82 Å². The van der Waals surface area contributed by atoms with Crippen LogP contribution in [0.5, 0.6) is 5.88 Å². The van der Waals surface area contributed by atoms with E-state index in [1.165, 1.54) is 13.2 Å². The van der Waals surface area contributed by atoms with Gasteiger partial charge >= 0.3 is 6.09 Å². The molecule has 2 aromatic rings. The van der Waals surface area contributed by atoms with Gasteiger partial charge in [-0.2, -0.15) is 5.10 Å². The van der Waals surface area contributed by atoms with Gasteiger partial charge in [0.2, 0.25) is 5.88 Å². The summed E-state index contributed by atoms with van der Waals surface area (Å²) in [6.07, 6.45) is -1.24. The summed E-state index contributed by atoms with van der Waals surface area (Å²) in [6.45, 7) is 7.06. The highest BCUT2D eigenvalue weighted by Crippen LogP contribution is 2.28. The maximum Gasteiger partial charge on any atom is 0.434 e. The molecule has 0 spiro atoms. The van der Waals surface area contributed by atoms with E-state index in [2.05, 4.69) is 10.1 Å². The number of nitrogen functional groups attached to an aromatic ring is 1. The predicted octanol–water partition coefficient (Wildman–Crippen LogP) is 2.15. The Morgan fingerprint density at radius 3 is 2.35 bits per heavy atom.